The van der Waals surface area contributed by atoms with Gasteiger partial charge in [-0.05, 0) is 96.9 Å². The van der Waals surface area contributed by atoms with Gasteiger partial charge >= 0.3 is 0 Å². The number of benzene rings is 2. The summed E-state index contributed by atoms with van der Waals surface area (Å²) in [6.45, 7) is 3.04. The van der Waals surface area contributed by atoms with Crippen LogP contribution in [0.1, 0.15) is 55.8 Å². The van der Waals surface area contributed by atoms with Crippen LogP contribution < -0.4 is 4.74 Å². The summed E-state index contributed by atoms with van der Waals surface area (Å²) < 4.78 is 6.26. The first-order chi connectivity index (χ1) is 19.2. The number of fused-ring (bicyclic) bond motifs is 2. The normalized spacial score (nSPS) is 21.6. The quantitative estimate of drug-likeness (QED) is 0.284. The molecule has 0 amide bonds. The van der Waals surface area contributed by atoms with Crippen LogP contribution in [-0.4, -0.2) is 39.6 Å². The number of rotatable bonds is 5. The Morgan fingerprint density at radius 1 is 0.949 bits per heavy atom. The van der Waals surface area contributed by atoms with Crippen molar-refractivity contribution in [2.24, 2.45) is 16.8 Å². The fourth-order valence-electron chi connectivity index (χ4n) is 5.97. The number of aromatic nitrogens is 3. The van der Waals surface area contributed by atoms with Crippen LogP contribution in [0.5, 0.6) is 5.75 Å². The van der Waals surface area contributed by atoms with Crippen LogP contribution in [-0.2, 0) is 17.6 Å². The molecule has 6 nitrogen and oxygen atoms in total. The zero-order valence-corrected chi connectivity index (χ0v) is 22.4. The number of carbonyl (C=O) groups excluding carboxylic acids is 1. The second kappa shape index (κ2) is 11.4. The summed E-state index contributed by atoms with van der Waals surface area (Å²) >= 11 is 0. The van der Waals surface area contributed by atoms with Gasteiger partial charge in [0.05, 0.1) is 17.8 Å². The highest BCUT2D eigenvalue weighted by Crippen LogP contribution is 2.34. The maximum atomic E-state index is 11.4. The van der Waals surface area contributed by atoms with E-state index in [1.165, 1.54) is 16.7 Å². The summed E-state index contributed by atoms with van der Waals surface area (Å²) in [6, 6.07) is 18.9. The Labute approximate surface area is 229 Å². The number of aliphatic imine (C=N–C) groups is 1. The number of aldehydes is 1. The van der Waals surface area contributed by atoms with Crippen LogP contribution in [0.15, 0.2) is 72.1 Å². The van der Waals surface area contributed by atoms with Crippen molar-refractivity contribution in [1.82, 2.24) is 15.0 Å². The lowest BCUT2D eigenvalue weighted by molar-refractivity contribution is -0.108. The lowest BCUT2D eigenvalue weighted by atomic mass is 9.81. The third kappa shape index (κ3) is 5.60. The summed E-state index contributed by atoms with van der Waals surface area (Å²) in [5.41, 5.74) is 8.59. The predicted octanol–water partition coefficient (Wildman–Crippen LogP) is 6.44. The monoisotopic (exact) mass is 518 g/mol. The lowest BCUT2D eigenvalue weighted by Gasteiger charge is -2.28. The van der Waals surface area contributed by atoms with Gasteiger partial charge in [0.1, 0.15) is 29.9 Å². The highest BCUT2D eigenvalue weighted by molar-refractivity contribution is 6.01. The van der Waals surface area contributed by atoms with Gasteiger partial charge in [0, 0.05) is 11.9 Å². The zero-order chi connectivity index (χ0) is 26.6. The Kier molecular flexibility index (Phi) is 7.44. The van der Waals surface area contributed by atoms with Crippen LogP contribution in [0.3, 0.4) is 0 Å². The minimum Gasteiger partial charge on any atom is -0.493 e. The molecule has 6 rings (SSSR count). The largest absolute Gasteiger partial charge is 0.493 e. The number of pyridine rings is 1. The highest BCUT2D eigenvalue weighted by Gasteiger charge is 2.24. The van der Waals surface area contributed by atoms with Crippen molar-refractivity contribution >= 4 is 23.0 Å². The van der Waals surface area contributed by atoms with E-state index in [4.69, 9.17) is 9.73 Å². The van der Waals surface area contributed by atoms with Gasteiger partial charge < -0.3 is 9.53 Å². The Morgan fingerprint density at radius 3 is 2.67 bits per heavy atom. The van der Waals surface area contributed by atoms with E-state index < -0.39 is 0 Å². The molecule has 4 aromatic rings. The van der Waals surface area contributed by atoms with Gasteiger partial charge in [-0.2, -0.15) is 0 Å². The molecule has 0 bridgehead atoms. The second-order valence-corrected chi connectivity index (χ2v) is 10.9. The molecule has 39 heavy (non-hydrogen) atoms. The van der Waals surface area contributed by atoms with Gasteiger partial charge in [0.25, 0.3) is 0 Å². The van der Waals surface area contributed by atoms with Gasteiger partial charge in [-0.15, -0.1) is 0 Å². The van der Waals surface area contributed by atoms with Crippen LogP contribution in [0.2, 0.25) is 0 Å². The molecule has 0 aliphatic carbocycles. The number of hydrogen-bond acceptors (Lipinski definition) is 6. The molecule has 6 heteroatoms. The molecule has 3 unspecified atom stereocenters. The van der Waals surface area contributed by atoms with E-state index in [2.05, 4.69) is 64.3 Å². The van der Waals surface area contributed by atoms with Crippen molar-refractivity contribution in [1.29, 1.82) is 0 Å². The molecule has 3 atom stereocenters. The van der Waals surface area contributed by atoms with Crippen molar-refractivity contribution in [2.45, 2.75) is 57.9 Å². The van der Waals surface area contributed by atoms with E-state index in [1.54, 1.807) is 6.33 Å². The van der Waals surface area contributed by atoms with E-state index in [0.717, 1.165) is 85.0 Å². The van der Waals surface area contributed by atoms with Crippen molar-refractivity contribution < 1.29 is 9.53 Å². The van der Waals surface area contributed by atoms with E-state index in [0.29, 0.717) is 18.4 Å². The molecule has 0 N–H and O–H groups in total. The molecule has 2 aliphatic heterocycles. The van der Waals surface area contributed by atoms with Crippen LogP contribution in [0, 0.1) is 11.8 Å². The first-order valence-electron chi connectivity index (χ1n) is 14.1. The van der Waals surface area contributed by atoms with Gasteiger partial charge in [-0.25, -0.2) is 9.97 Å². The van der Waals surface area contributed by atoms with Gasteiger partial charge in [0.2, 0.25) is 0 Å². The molecule has 4 heterocycles. The molecular formula is C33H34N4O2. The number of hydrogen-bond donors (Lipinski definition) is 0. The van der Waals surface area contributed by atoms with E-state index in [1.807, 2.05) is 18.3 Å². The fourth-order valence-corrected chi connectivity index (χ4v) is 5.97. The topological polar surface area (TPSA) is 77.3 Å². The first kappa shape index (κ1) is 25.4. The fraction of sp³-hybridized carbons (Fsp3) is 0.364. The molecule has 0 fully saturated rings. The molecule has 198 valence electrons. The van der Waals surface area contributed by atoms with Gasteiger partial charge in [0.15, 0.2) is 0 Å². The maximum Gasteiger partial charge on any atom is 0.144 e. The summed E-state index contributed by atoms with van der Waals surface area (Å²) in [5, 5.41) is 0. The van der Waals surface area contributed by atoms with Crippen LogP contribution >= 0.6 is 0 Å². The van der Waals surface area contributed by atoms with Gasteiger partial charge in [-0.3, -0.25) is 9.98 Å². The number of carbonyl (C=O) groups is 1. The van der Waals surface area contributed by atoms with Crippen molar-refractivity contribution in [3.63, 3.8) is 0 Å². The molecule has 0 saturated heterocycles. The Balaban J connectivity index is 1.21. The van der Waals surface area contributed by atoms with E-state index >= 15 is 0 Å². The summed E-state index contributed by atoms with van der Waals surface area (Å²) in [4.78, 5) is 29.6. The number of ether oxygens (including phenoxy) is 1. The Bertz CT molecular complexity index is 1490. The predicted molar refractivity (Wildman–Crippen MR) is 154 cm³/mol. The SMILES string of the molecule is CC1Cc2cc(-c3ccc(C4=NC(C=O)CCCC4)cc3)ccc2OCCC1Cc1ncnc2cccnc12. The first-order valence-corrected chi connectivity index (χ1v) is 14.1. The zero-order valence-electron chi connectivity index (χ0n) is 22.4. The lowest BCUT2D eigenvalue weighted by Crippen LogP contribution is -2.23. The van der Waals surface area contributed by atoms with Gasteiger partial charge in [-0.1, -0.05) is 43.7 Å². The molecule has 0 spiro atoms. The third-order valence-corrected chi connectivity index (χ3v) is 8.27. The molecule has 2 aliphatic rings. The second-order valence-electron chi connectivity index (χ2n) is 10.9. The smallest absolute Gasteiger partial charge is 0.144 e. The molecular weight excluding hydrogens is 484 g/mol. The molecule has 2 aromatic heterocycles. The van der Waals surface area contributed by atoms with E-state index in [9.17, 15) is 4.79 Å². The Hall–Kier alpha value is -3.93. The standard InChI is InChI=1S/C33H34N4O2/c1-22-17-27-18-26(23-8-10-24(11-9-23)29-6-3-2-5-28(20-38)37-29)12-13-32(27)39-16-14-25(22)19-31-33-30(35-21-36-31)7-4-15-34-33/h4,7-13,15,18,20-22,25,28H,2-3,5-6,14,16-17,19H2,1H3. The summed E-state index contributed by atoms with van der Waals surface area (Å²) in [6.07, 6.45) is 11.2. The van der Waals surface area contributed by atoms with E-state index in [-0.39, 0.29) is 6.04 Å². The Morgan fingerprint density at radius 2 is 1.79 bits per heavy atom. The average Bonchev–Trinajstić information content (AvgIpc) is 3.23. The van der Waals surface area contributed by atoms with Crippen LogP contribution in [0.25, 0.3) is 22.2 Å². The molecule has 0 radical (unpaired) electrons. The minimum atomic E-state index is -0.203. The highest BCUT2D eigenvalue weighted by atomic mass is 16.5. The number of nitrogens with zero attached hydrogens (tertiary/aromatic N) is 4. The molecule has 2 aromatic carbocycles. The van der Waals surface area contributed by atoms with Crippen molar-refractivity contribution in [3.05, 3.63) is 83.9 Å². The van der Waals surface area contributed by atoms with Crippen LogP contribution in [0.4, 0.5) is 0 Å². The molecule has 0 saturated carbocycles. The summed E-state index contributed by atoms with van der Waals surface area (Å²) in [7, 11) is 0. The third-order valence-electron chi connectivity index (χ3n) is 8.27. The average molecular weight is 519 g/mol. The summed E-state index contributed by atoms with van der Waals surface area (Å²) in [5.74, 6) is 1.90. The maximum absolute atomic E-state index is 11.4. The van der Waals surface area contributed by atoms with Crippen molar-refractivity contribution in [3.8, 4) is 16.9 Å². The minimum absolute atomic E-state index is 0.203. The van der Waals surface area contributed by atoms with Crippen molar-refractivity contribution in [2.75, 3.05) is 6.61 Å².